The van der Waals surface area contributed by atoms with Crippen molar-refractivity contribution in [2.24, 2.45) is 5.92 Å². The summed E-state index contributed by atoms with van der Waals surface area (Å²) in [5.74, 6) is -0.945. The van der Waals surface area contributed by atoms with Crippen LogP contribution in [0.3, 0.4) is 0 Å². The summed E-state index contributed by atoms with van der Waals surface area (Å²) in [6, 6.07) is 6.53. The third-order valence-electron chi connectivity index (χ3n) is 3.96. The smallest absolute Gasteiger partial charge is 0.306 e. The van der Waals surface area contributed by atoms with Gasteiger partial charge in [0.15, 0.2) is 0 Å². The second kappa shape index (κ2) is 6.15. The van der Waals surface area contributed by atoms with Gasteiger partial charge in [0.2, 0.25) is 10.0 Å². The average Bonchev–Trinajstić information content (AvgIpc) is 2.87. The summed E-state index contributed by atoms with van der Waals surface area (Å²) in [6.45, 7) is 4.10. The zero-order valence-corrected chi connectivity index (χ0v) is 13.1. The predicted octanol–water partition coefficient (Wildman–Crippen LogP) is 2.34. The summed E-state index contributed by atoms with van der Waals surface area (Å²) < 4.78 is 27.2. The van der Waals surface area contributed by atoms with Gasteiger partial charge in [-0.3, -0.25) is 4.79 Å². The van der Waals surface area contributed by atoms with Crippen molar-refractivity contribution in [1.82, 2.24) is 4.72 Å². The molecule has 0 aromatic heterocycles. The lowest BCUT2D eigenvalue weighted by molar-refractivity contribution is -0.141. The number of carboxylic acids is 1. The molecule has 0 amide bonds. The van der Waals surface area contributed by atoms with E-state index in [2.05, 4.69) is 4.72 Å². The molecule has 0 saturated heterocycles. The molecule has 5 nitrogen and oxygen atoms in total. The molecule has 2 atom stereocenters. The molecule has 1 fully saturated rings. The van der Waals surface area contributed by atoms with E-state index >= 15 is 0 Å². The minimum Gasteiger partial charge on any atom is -0.481 e. The van der Waals surface area contributed by atoms with Crippen LogP contribution in [0.15, 0.2) is 29.2 Å². The molecule has 2 rings (SSSR count). The molecule has 2 N–H and O–H groups in total. The molecule has 1 aliphatic carbocycles. The third-order valence-corrected chi connectivity index (χ3v) is 5.50. The topological polar surface area (TPSA) is 83.5 Å². The van der Waals surface area contributed by atoms with Gasteiger partial charge >= 0.3 is 5.97 Å². The fourth-order valence-corrected chi connectivity index (χ4v) is 3.92. The summed E-state index contributed by atoms with van der Waals surface area (Å²) in [5, 5.41) is 8.95. The molecule has 0 spiro atoms. The summed E-state index contributed by atoms with van der Waals surface area (Å²) in [6.07, 6.45) is 1.45. The number of aliphatic carboxylic acids is 1. The van der Waals surface area contributed by atoms with Crippen LogP contribution < -0.4 is 4.72 Å². The molecular weight excluding hydrogens is 290 g/mol. The van der Waals surface area contributed by atoms with E-state index in [1.54, 1.807) is 12.1 Å². The fraction of sp³-hybridized carbons (Fsp3) is 0.533. The Morgan fingerprint density at radius 3 is 2.33 bits per heavy atom. The monoisotopic (exact) mass is 311 g/mol. The van der Waals surface area contributed by atoms with Crippen molar-refractivity contribution in [3.63, 3.8) is 0 Å². The number of sulfonamides is 1. The average molecular weight is 311 g/mol. The van der Waals surface area contributed by atoms with Crippen molar-refractivity contribution in [1.29, 1.82) is 0 Å². The van der Waals surface area contributed by atoms with Crippen molar-refractivity contribution >= 4 is 16.0 Å². The molecule has 0 radical (unpaired) electrons. The predicted molar refractivity (Wildman–Crippen MR) is 79.6 cm³/mol. The van der Waals surface area contributed by atoms with E-state index in [-0.39, 0.29) is 10.9 Å². The summed E-state index contributed by atoms with van der Waals surface area (Å²) in [7, 11) is -3.58. The number of benzene rings is 1. The van der Waals surface area contributed by atoms with E-state index in [0.29, 0.717) is 25.2 Å². The van der Waals surface area contributed by atoms with E-state index in [1.807, 2.05) is 26.0 Å². The Bertz CT molecular complexity index is 607. The van der Waals surface area contributed by atoms with Gasteiger partial charge in [0.25, 0.3) is 0 Å². The minimum atomic E-state index is -3.58. The molecule has 0 heterocycles. The first-order valence-corrected chi connectivity index (χ1v) is 8.63. The molecule has 116 valence electrons. The van der Waals surface area contributed by atoms with Gasteiger partial charge in [-0.2, -0.15) is 0 Å². The van der Waals surface area contributed by atoms with E-state index in [4.69, 9.17) is 5.11 Å². The van der Waals surface area contributed by atoms with Crippen molar-refractivity contribution in [2.75, 3.05) is 0 Å². The Hall–Kier alpha value is -1.40. The molecule has 1 aromatic carbocycles. The van der Waals surface area contributed by atoms with Gasteiger partial charge in [0, 0.05) is 6.04 Å². The molecule has 1 aliphatic rings. The zero-order chi connectivity index (χ0) is 15.6. The first-order chi connectivity index (χ1) is 9.79. The number of carbonyl (C=O) groups is 1. The van der Waals surface area contributed by atoms with Gasteiger partial charge in [-0.1, -0.05) is 26.0 Å². The number of carboxylic acid groups (broad SMARTS) is 1. The Morgan fingerprint density at radius 1 is 1.24 bits per heavy atom. The molecule has 21 heavy (non-hydrogen) atoms. The van der Waals surface area contributed by atoms with Crippen molar-refractivity contribution in [2.45, 2.75) is 50.0 Å². The number of hydrogen-bond acceptors (Lipinski definition) is 3. The lowest BCUT2D eigenvalue weighted by Crippen LogP contribution is -2.33. The van der Waals surface area contributed by atoms with Gasteiger partial charge < -0.3 is 5.11 Å². The SMILES string of the molecule is CC(C)c1ccc(S(=O)(=O)N[C@H]2CC[C@@H](C(=O)O)C2)cc1. The second-order valence-corrected chi connectivity index (χ2v) is 7.60. The maximum absolute atomic E-state index is 12.3. The highest BCUT2D eigenvalue weighted by Crippen LogP contribution is 2.27. The largest absolute Gasteiger partial charge is 0.481 e. The van der Waals surface area contributed by atoms with Crippen LogP contribution in [0.4, 0.5) is 0 Å². The van der Waals surface area contributed by atoms with Crippen LogP contribution in [-0.4, -0.2) is 25.5 Å². The van der Waals surface area contributed by atoms with Crippen molar-refractivity contribution < 1.29 is 18.3 Å². The van der Waals surface area contributed by atoms with Gasteiger partial charge in [0.05, 0.1) is 10.8 Å². The molecule has 0 unspecified atom stereocenters. The highest BCUT2D eigenvalue weighted by atomic mass is 32.2. The van der Waals surface area contributed by atoms with Crippen LogP contribution in [0.25, 0.3) is 0 Å². The normalized spacial score (nSPS) is 22.6. The molecule has 0 aliphatic heterocycles. The minimum absolute atomic E-state index is 0.227. The maximum atomic E-state index is 12.3. The van der Waals surface area contributed by atoms with Crippen LogP contribution in [0.5, 0.6) is 0 Å². The first-order valence-electron chi connectivity index (χ1n) is 7.14. The lowest BCUT2D eigenvalue weighted by Gasteiger charge is -2.13. The Balaban J connectivity index is 2.07. The number of hydrogen-bond donors (Lipinski definition) is 2. The molecule has 1 aromatic rings. The highest BCUT2D eigenvalue weighted by molar-refractivity contribution is 7.89. The van der Waals surface area contributed by atoms with Crippen LogP contribution in [0, 0.1) is 5.92 Å². The standard InChI is InChI=1S/C15H21NO4S/c1-10(2)11-4-7-14(8-5-11)21(19,20)16-13-6-3-12(9-13)15(17)18/h4-5,7-8,10,12-13,16H,3,6,9H2,1-2H3,(H,17,18)/t12-,13+/m1/s1. The highest BCUT2D eigenvalue weighted by Gasteiger charge is 2.32. The summed E-state index contributed by atoms with van der Waals surface area (Å²) in [5.41, 5.74) is 1.08. The lowest BCUT2D eigenvalue weighted by atomic mass is 10.0. The van der Waals surface area contributed by atoms with Crippen LogP contribution >= 0.6 is 0 Å². The molecular formula is C15H21NO4S. The van der Waals surface area contributed by atoms with Crippen LogP contribution in [0.1, 0.15) is 44.6 Å². The third kappa shape index (κ3) is 3.83. The summed E-state index contributed by atoms with van der Waals surface area (Å²) >= 11 is 0. The zero-order valence-electron chi connectivity index (χ0n) is 12.2. The summed E-state index contributed by atoms with van der Waals surface area (Å²) in [4.78, 5) is 11.1. The number of nitrogens with one attached hydrogen (secondary N) is 1. The van der Waals surface area contributed by atoms with Crippen molar-refractivity contribution in [3.05, 3.63) is 29.8 Å². The van der Waals surface area contributed by atoms with E-state index < -0.39 is 21.9 Å². The second-order valence-electron chi connectivity index (χ2n) is 5.89. The van der Waals surface area contributed by atoms with Gasteiger partial charge in [0.1, 0.15) is 0 Å². The molecule has 1 saturated carbocycles. The van der Waals surface area contributed by atoms with Gasteiger partial charge in [-0.15, -0.1) is 0 Å². The van der Waals surface area contributed by atoms with E-state index in [9.17, 15) is 13.2 Å². The van der Waals surface area contributed by atoms with Crippen LogP contribution in [0.2, 0.25) is 0 Å². The quantitative estimate of drug-likeness (QED) is 0.874. The fourth-order valence-electron chi connectivity index (χ4n) is 2.63. The maximum Gasteiger partial charge on any atom is 0.306 e. The molecule has 0 bridgehead atoms. The van der Waals surface area contributed by atoms with E-state index in [1.165, 1.54) is 0 Å². The molecule has 6 heteroatoms. The number of rotatable bonds is 5. The van der Waals surface area contributed by atoms with Gasteiger partial charge in [-0.25, -0.2) is 13.1 Å². The van der Waals surface area contributed by atoms with Crippen LogP contribution in [-0.2, 0) is 14.8 Å². The van der Waals surface area contributed by atoms with Crippen molar-refractivity contribution in [3.8, 4) is 0 Å². The first kappa shape index (κ1) is 16.0. The van der Waals surface area contributed by atoms with E-state index in [0.717, 1.165) is 5.56 Å². The van der Waals surface area contributed by atoms with Gasteiger partial charge in [-0.05, 0) is 42.9 Å². The Labute approximate surface area is 125 Å². The Kier molecular flexibility index (Phi) is 4.68. The Morgan fingerprint density at radius 2 is 1.86 bits per heavy atom.